The highest BCUT2D eigenvalue weighted by Crippen LogP contribution is 2.24. The Balaban J connectivity index is 0.000000659. The van der Waals surface area contributed by atoms with Gasteiger partial charge in [0.15, 0.2) is 0 Å². The van der Waals surface area contributed by atoms with Crippen molar-refractivity contribution in [3.8, 4) is 0 Å². The first kappa shape index (κ1) is 17.0. The molecule has 0 aromatic carbocycles. The van der Waals surface area contributed by atoms with Crippen LogP contribution < -0.4 is 0 Å². The molecule has 18 heavy (non-hydrogen) atoms. The minimum absolute atomic E-state index is 0.547. The topological polar surface area (TPSA) is 21.1 Å². The van der Waals surface area contributed by atoms with Gasteiger partial charge < -0.3 is 0 Å². The van der Waals surface area contributed by atoms with E-state index in [4.69, 9.17) is 0 Å². The summed E-state index contributed by atoms with van der Waals surface area (Å²) in [6.45, 7) is 8.24. The third-order valence-corrected chi connectivity index (χ3v) is 2.22. The van der Waals surface area contributed by atoms with E-state index in [0.717, 1.165) is 10.2 Å². The molecule has 1 aliphatic rings. The summed E-state index contributed by atoms with van der Waals surface area (Å²) in [6.07, 6.45) is -2.68. The standard InChI is InChI=1S/C8H10F3N3.2C2H6/c1-13-3-6-2-12-14(7(6)4-13)5-8(9,10)11;2*1-2/h2H,3-5H2,1H3;2*1-2H3. The van der Waals surface area contributed by atoms with Crippen molar-refractivity contribution in [2.24, 2.45) is 0 Å². The van der Waals surface area contributed by atoms with E-state index < -0.39 is 12.7 Å². The monoisotopic (exact) mass is 265 g/mol. The lowest BCUT2D eigenvalue weighted by atomic mass is 10.3. The summed E-state index contributed by atoms with van der Waals surface area (Å²) < 4.78 is 37.4. The number of halogens is 3. The molecule has 0 radical (unpaired) electrons. The molecular weight excluding hydrogens is 243 g/mol. The predicted molar refractivity (Wildman–Crippen MR) is 66.1 cm³/mol. The number of rotatable bonds is 1. The van der Waals surface area contributed by atoms with E-state index in [-0.39, 0.29) is 0 Å². The van der Waals surface area contributed by atoms with Gasteiger partial charge in [-0.3, -0.25) is 9.58 Å². The molecule has 1 aromatic heterocycles. The van der Waals surface area contributed by atoms with Gasteiger partial charge in [0.05, 0.1) is 11.9 Å². The molecule has 0 atom stereocenters. The number of aromatic nitrogens is 2. The zero-order chi connectivity index (χ0) is 14.3. The fourth-order valence-corrected chi connectivity index (χ4v) is 1.67. The molecule has 6 heteroatoms. The molecule has 3 nitrogen and oxygen atoms in total. The molecule has 2 rings (SSSR count). The molecule has 1 aliphatic heterocycles. The average Bonchev–Trinajstić information content (AvgIpc) is 2.84. The van der Waals surface area contributed by atoms with E-state index in [1.54, 1.807) is 0 Å². The Morgan fingerprint density at radius 1 is 1.17 bits per heavy atom. The van der Waals surface area contributed by atoms with Crippen molar-refractivity contribution in [1.82, 2.24) is 14.7 Å². The molecule has 0 amide bonds. The van der Waals surface area contributed by atoms with Crippen LogP contribution in [0.5, 0.6) is 0 Å². The summed E-state index contributed by atoms with van der Waals surface area (Å²) in [7, 11) is 1.87. The van der Waals surface area contributed by atoms with Crippen molar-refractivity contribution >= 4 is 0 Å². The zero-order valence-corrected chi connectivity index (χ0v) is 11.7. The van der Waals surface area contributed by atoms with Gasteiger partial charge in [-0.25, -0.2) is 0 Å². The summed E-state index contributed by atoms with van der Waals surface area (Å²) in [6, 6.07) is 0. The highest BCUT2D eigenvalue weighted by atomic mass is 19.4. The average molecular weight is 265 g/mol. The lowest BCUT2D eigenvalue weighted by Crippen LogP contribution is -2.21. The minimum atomic E-state index is -4.19. The van der Waals surface area contributed by atoms with Crippen LogP contribution in [0.15, 0.2) is 6.20 Å². The molecule has 0 fully saturated rings. The molecule has 0 spiro atoms. The molecule has 0 bridgehead atoms. The zero-order valence-electron chi connectivity index (χ0n) is 11.7. The lowest BCUT2D eigenvalue weighted by molar-refractivity contribution is -0.143. The highest BCUT2D eigenvalue weighted by molar-refractivity contribution is 5.21. The smallest absolute Gasteiger partial charge is 0.296 e. The quantitative estimate of drug-likeness (QED) is 0.775. The van der Waals surface area contributed by atoms with Crippen molar-refractivity contribution in [3.63, 3.8) is 0 Å². The van der Waals surface area contributed by atoms with Crippen LogP contribution in [-0.2, 0) is 19.6 Å². The molecule has 106 valence electrons. The van der Waals surface area contributed by atoms with Crippen molar-refractivity contribution in [3.05, 3.63) is 17.5 Å². The van der Waals surface area contributed by atoms with Gasteiger partial charge in [0.2, 0.25) is 0 Å². The van der Waals surface area contributed by atoms with Gasteiger partial charge in [-0.15, -0.1) is 0 Å². The van der Waals surface area contributed by atoms with Crippen LogP contribution in [0.3, 0.4) is 0 Å². The number of hydrogen-bond donors (Lipinski definition) is 0. The Kier molecular flexibility index (Phi) is 6.98. The molecule has 0 saturated heterocycles. The maximum absolute atomic E-state index is 12.1. The Bertz CT molecular complexity index is 345. The van der Waals surface area contributed by atoms with Gasteiger partial charge in [-0.1, -0.05) is 27.7 Å². The lowest BCUT2D eigenvalue weighted by Gasteiger charge is -2.10. The van der Waals surface area contributed by atoms with Crippen LogP contribution in [-0.4, -0.2) is 27.9 Å². The normalized spacial score (nSPS) is 14.2. The molecule has 0 N–H and O–H groups in total. The second-order valence-electron chi connectivity index (χ2n) is 3.56. The molecule has 0 unspecified atom stereocenters. The van der Waals surface area contributed by atoms with Gasteiger partial charge in [-0.05, 0) is 7.05 Å². The molecule has 0 aliphatic carbocycles. The predicted octanol–water partition coefficient (Wildman–Crippen LogP) is 3.44. The minimum Gasteiger partial charge on any atom is -0.296 e. The Morgan fingerprint density at radius 2 is 1.72 bits per heavy atom. The second-order valence-corrected chi connectivity index (χ2v) is 3.56. The largest absolute Gasteiger partial charge is 0.408 e. The van der Waals surface area contributed by atoms with Crippen LogP contribution in [0.1, 0.15) is 39.0 Å². The number of nitrogens with zero attached hydrogens (tertiary/aromatic N) is 3. The van der Waals surface area contributed by atoms with Crippen LogP contribution in [0, 0.1) is 0 Å². The summed E-state index contributed by atoms with van der Waals surface area (Å²) >= 11 is 0. The van der Waals surface area contributed by atoms with Crippen LogP contribution in [0.25, 0.3) is 0 Å². The van der Waals surface area contributed by atoms with Gasteiger partial charge in [0.25, 0.3) is 0 Å². The second kappa shape index (κ2) is 7.41. The van der Waals surface area contributed by atoms with Gasteiger partial charge in [0, 0.05) is 18.7 Å². The van der Waals surface area contributed by atoms with Crippen molar-refractivity contribution in [2.75, 3.05) is 7.05 Å². The number of fused-ring (bicyclic) bond motifs is 1. The summed E-state index contributed by atoms with van der Waals surface area (Å²) in [5.74, 6) is 0. The Morgan fingerprint density at radius 3 is 2.22 bits per heavy atom. The summed E-state index contributed by atoms with van der Waals surface area (Å²) in [4.78, 5) is 1.96. The first-order chi connectivity index (χ1) is 8.46. The van der Waals surface area contributed by atoms with E-state index in [2.05, 4.69) is 5.10 Å². The van der Waals surface area contributed by atoms with E-state index in [1.807, 2.05) is 39.6 Å². The van der Waals surface area contributed by atoms with Gasteiger partial charge in [0.1, 0.15) is 6.54 Å². The third kappa shape index (κ3) is 4.68. The fraction of sp³-hybridized carbons (Fsp3) is 0.750. The Labute approximate surface area is 107 Å². The van der Waals surface area contributed by atoms with E-state index in [1.165, 1.54) is 6.20 Å². The van der Waals surface area contributed by atoms with Gasteiger partial charge >= 0.3 is 6.18 Å². The maximum atomic E-state index is 12.1. The molecular formula is C12H22F3N3. The molecule has 0 saturated carbocycles. The number of alkyl halides is 3. The van der Waals surface area contributed by atoms with E-state index in [9.17, 15) is 13.2 Å². The SMILES string of the molecule is CC.CC.CN1Cc2cnn(CC(F)(F)F)c2C1. The summed E-state index contributed by atoms with van der Waals surface area (Å²) in [5.41, 5.74) is 1.58. The van der Waals surface area contributed by atoms with Crippen molar-refractivity contribution < 1.29 is 13.2 Å². The first-order valence-electron chi connectivity index (χ1n) is 6.24. The van der Waals surface area contributed by atoms with Crippen LogP contribution in [0.4, 0.5) is 13.2 Å². The number of hydrogen-bond acceptors (Lipinski definition) is 2. The van der Waals surface area contributed by atoms with Crippen LogP contribution in [0.2, 0.25) is 0 Å². The highest BCUT2D eigenvalue weighted by Gasteiger charge is 2.31. The maximum Gasteiger partial charge on any atom is 0.408 e. The first-order valence-corrected chi connectivity index (χ1v) is 6.24. The fourth-order valence-electron chi connectivity index (χ4n) is 1.67. The van der Waals surface area contributed by atoms with E-state index in [0.29, 0.717) is 18.8 Å². The summed E-state index contributed by atoms with van der Waals surface area (Å²) in [5, 5.41) is 3.73. The molecule has 1 aromatic rings. The van der Waals surface area contributed by atoms with Gasteiger partial charge in [-0.2, -0.15) is 18.3 Å². The van der Waals surface area contributed by atoms with E-state index >= 15 is 0 Å². The van der Waals surface area contributed by atoms with Crippen LogP contribution >= 0.6 is 0 Å². The Hall–Kier alpha value is -1.04. The van der Waals surface area contributed by atoms with Crippen molar-refractivity contribution in [1.29, 1.82) is 0 Å². The molecule has 2 heterocycles. The third-order valence-electron chi connectivity index (χ3n) is 2.22. The van der Waals surface area contributed by atoms with Crippen molar-refractivity contribution in [2.45, 2.75) is 53.5 Å².